The van der Waals surface area contributed by atoms with Gasteiger partial charge in [0.1, 0.15) is 0 Å². The average Bonchev–Trinajstić information content (AvgIpc) is 3.16. The Morgan fingerprint density at radius 1 is 1.00 bits per heavy atom. The highest BCUT2D eigenvalue weighted by atomic mass is 35.5. The van der Waals surface area contributed by atoms with Crippen LogP contribution in [0, 0.1) is 0 Å². The minimum absolute atomic E-state index is 0.178. The second-order valence-electron chi connectivity index (χ2n) is 5.60. The van der Waals surface area contributed by atoms with Gasteiger partial charge in [-0.3, -0.25) is 0 Å². The molecule has 0 unspecified atom stereocenters. The highest BCUT2D eigenvalue weighted by Gasteiger charge is 2.01. The highest BCUT2D eigenvalue weighted by molar-refractivity contribution is 6.30. The van der Waals surface area contributed by atoms with Gasteiger partial charge in [0.05, 0.1) is 5.69 Å². The number of hydrogen-bond donors (Lipinski definition) is 2. The van der Waals surface area contributed by atoms with E-state index in [1.54, 1.807) is 6.20 Å². The Labute approximate surface area is 151 Å². The quantitative estimate of drug-likeness (QED) is 0.711. The Balaban J connectivity index is 1.40. The monoisotopic (exact) mass is 354 g/mol. The third kappa shape index (κ3) is 5.09. The van der Waals surface area contributed by atoms with Crippen molar-refractivity contribution in [2.45, 2.75) is 13.0 Å². The summed E-state index contributed by atoms with van der Waals surface area (Å²) in [5.41, 5.74) is 3.19. The normalized spacial score (nSPS) is 10.4. The van der Waals surface area contributed by atoms with Crippen molar-refractivity contribution in [1.29, 1.82) is 0 Å². The van der Waals surface area contributed by atoms with Crippen molar-refractivity contribution in [2.75, 3.05) is 6.54 Å². The molecule has 0 radical (unpaired) electrons. The molecule has 3 rings (SSSR count). The van der Waals surface area contributed by atoms with Gasteiger partial charge in [-0.05, 0) is 47.9 Å². The van der Waals surface area contributed by atoms with Gasteiger partial charge in [0.25, 0.3) is 0 Å². The second-order valence-corrected chi connectivity index (χ2v) is 6.04. The van der Waals surface area contributed by atoms with Gasteiger partial charge < -0.3 is 10.6 Å². The van der Waals surface area contributed by atoms with Gasteiger partial charge in [0, 0.05) is 30.5 Å². The van der Waals surface area contributed by atoms with Gasteiger partial charge in [0.15, 0.2) is 0 Å². The Kier molecular flexibility index (Phi) is 5.69. The molecule has 0 fully saturated rings. The van der Waals surface area contributed by atoms with Crippen LogP contribution in [-0.2, 0) is 13.0 Å². The molecule has 0 spiro atoms. The third-order valence-electron chi connectivity index (χ3n) is 3.77. The fourth-order valence-electron chi connectivity index (χ4n) is 2.40. The molecule has 0 aliphatic carbocycles. The number of carbonyl (C=O) groups excluding carboxylic acids is 1. The zero-order valence-electron chi connectivity index (χ0n) is 13.7. The van der Waals surface area contributed by atoms with Crippen molar-refractivity contribution in [1.82, 2.24) is 20.4 Å². The fraction of sp³-hybridized carbons (Fsp3) is 0.158. The summed E-state index contributed by atoms with van der Waals surface area (Å²) < 4.78 is 1.81. The van der Waals surface area contributed by atoms with E-state index in [2.05, 4.69) is 15.7 Å². The largest absolute Gasteiger partial charge is 0.338 e. The van der Waals surface area contributed by atoms with Crippen LogP contribution in [0.2, 0.25) is 5.02 Å². The Hall–Kier alpha value is -2.79. The van der Waals surface area contributed by atoms with E-state index in [4.69, 9.17) is 11.6 Å². The molecule has 2 N–H and O–H groups in total. The summed E-state index contributed by atoms with van der Waals surface area (Å²) >= 11 is 5.84. The first-order chi connectivity index (χ1) is 12.2. The maximum atomic E-state index is 11.8. The number of urea groups is 1. The van der Waals surface area contributed by atoms with Gasteiger partial charge >= 0.3 is 6.03 Å². The van der Waals surface area contributed by atoms with E-state index >= 15 is 0 Å². The number of hydrogen-bond acceptors (Lipinski definition) is 2. The van der Waals surface area contributed by atoms with Crippen LogP contribution in [0.1, 0.15) is 11.1 Å². The summed E-state index contributed by atoms with van der Waals surface area (Å²) in [6, 6.07) is 17.2. The summed E-state index contributed by atoms with van der Waals surface area (Å²) in [4.78, 5) is 11.8. The van der Waals surface area contributed by atoms with Crippen LogP contribution < -0.4 is 10.6 Å². The number of halogens is 1. The first kappa shape index (κ1) is 17.0. The van der Waals surface area contributed by atoms with Gasteiger partial charge in [-0.1, -0.05) is 35.9 Å². The van der Waals surface area contributed by atoms with E-state index in [-0.39, 0.29) is 6.03 Å². The maximum Gasteiger partial charge on any atom is 0.315 e. The van der Waals surface area contributed by atoms with E-state index in [9.17, 15) is 4.79 Å². The molecule has 0 saturated carbocycles. The summed E-state index contributed by atoms with van der Waals surface area (Å²) in [5, 5.41) is 10.6. The molecular formula is C19H19ClN4O. The number of benzene rings is 2. The lowest BCUT2D eigenvalue weighted by Crippen LogP contribution is -2.36. The van der Waals surface area contributed by atoms with Crippen LogP contribution in [-0.4, -0.2) is 22.4 Å². The standard InChI is InChI=1S/C19H19ClN4O/c20-17-6-2-16(3-7-17)14-22-19(25)21-12-10-15-4-8-18(9-5-15)24-13-1-11-23-24/h1-9,11,13H,10,12,14H2,(H2,21,22,25). The number of carbonyl (C=O) groups is 1. The first-order valence-electron chi connectivity index (χ1n) is 8.06. The predicted octanol–water partition coefficient (Wildman–Crippen LogP) is 3.57. The van der Waals surface area contributed by atoms with E-state index in [0.717, 1.165) is 23.2 Å². The third-order valence-corrected chi connectivity index (χ3v) is 4.02. The average molecular weight is 355 g/mol. The Morgan fingerprint density at radius 2 is 1.72 bits per heavy atom. The molecule has 0 aliphatic rings. The van der Waals surface area contributed by atoms with Crippen LogP contribution >= 0.6 is 11.6 Å². The van der Waals surface area contributed by atoms with E-state index in [1.807, 2.05) is 65.5 Å². The van der Waals surface area contributed by atoms with Crippen molar-refractivity contribution >= 4 is 17.6 Å². The molecule has 0 atom stereocenters. The van der Waals surface area contributed by atoms with E-state index < -0.39 is 0 Å². The number of nitrogens with one attached hydrogen (secondary N) is 2. The first-order valence-corrected chi connectivity index (χ1v) is 8.43. The number of aromatic nitrogens is 2. The van der Waals surface area contributed by atoms with Crippen LogP contribution in [0.4, 0.5) is 4.79 Å². The molecule has 128 valence electrons. The lowest BCUT2D eigenvalue weighted by atomic mass is 10.1. The lowest BCUT2D eigenvalue weighted by molar-refractivity contribution is 0.240. The molecule has 1 aromatic heterocycles. The SMILES string of the molecule is O=C(NCCc1ccc(-n2cccn2)cc1)NCc1ccc(Cl)cc1. The van der Waals surface area contributed by atoms with Crippen molar-refractivity contribution in [3.8, 4) is 5.69 Å². The predicted molar refractivity (Wildman–Crippen MR) is 99.0 cm³/mol. The summed E-state index contributed by atoms with van der Waals surface area (Å²) in [5.74, 6) is 0. The topological polar surface area (TPSA) is 59.0 Å². The number of rotatable bonds is 6. The molecular weight excluding hydrogens is 336 g/mol. The van der Waals surface area contributed by atoms with Crippen molar-refractivity contribution in [2.24, 2.45) is 0 Å². The molecule has 0 aliphatic heterocycles. The summed E-state index contributed by atoms with van der Waals surface area (Å²) in [6.45, 7) is 1.05. The molecule has 3 aromatic rings. The minimum Gasteiger partial charge on any atom is -0.338 e. The highest BCUT2D eigenvalue weighted by Crippen LogP contribution is 2.10. The smallest absolute Gasteiger partial charge is 0.315 e. The maximum absolute atomic E-state index is 11.8. The second kappa shape index (κ2) is 8.35. The Bertz CT molecular complexity index is 798. The number of amides is 2. The molecule has 0 saturated heterocycles. The summed E-state index contributed by atoms with van der Waals surface area (Å²) in [7, 11) is 0. The van der Waals surface area contributed by atoms with Gasteiger partial charge in [-0.25, -0.2) is 9.48 Å². The van der Waals surface area contributed by atoms with Crippen molar-refractivity contribution < 1.29 is 4.79 Å². The minimum atomic E-state index is -0.178. The molecule has 5 nitrogen and oxygen atoms in total. The van der Waals surface area contributed by atoms with Crippen LogP contribution in [0.15, 0.2) is 67.0 Å². The molecule has 1 heterocycles. The number of nitrogens with zero attached hydrogens (tertiary/aromatic N) is 2. The van der Waals surface area contributed by atoms with Crippen molar-refractivity contribution in [3.05, 3.63) is 83.1 Å². The van der Waals surface area contributed by atoms with Gasteiger partial charge in [-0.2, -0.15) is 5.10 Å². The zero-order valence-corrected chi connectivity index (χ0v) is 14.4. The van der Waals surface area contributed by atoms with Gasteiger partial charge in [0.2, 0.25) is 0 Å². The lowest BCUT2D eigenvalue weighted by Gasteiger charge is -2.08. The van der Waals surface area contributed by atoms with Crippen molar-refractivity contribution in [3.63, 3.8) is 0 Å². The van der Waals surface area contributed by atoms with E-state index in [0.29, 0.717) is 18.1 Å². The molecule has 0 bridgehead atoms. The fourth-order valence-corrected chi connectivity index (χ4v) is 2.53. The van der Waals surface area contributed by atoms with Crippen LogP contribution in [0.25, 0.3) is 5.69 Å². The van der Waals surface area contributed by atoms with Gasteiger partial charge in [-0.15, -0.1) is 0 Å². The molecule has 2 amide bonds. The Morgan fingerprint density at radius 3 is 2.40 bits per heavy atom. The molecule has 2 aromatic carbocycles. The van der Waals surface area contributed by atoms with Crippen LogP contribution in [0.5, 0.6) is 0 Å². The molecule has 6 heteroatoms. The summed E-state index contributed by atoms with van der Waals surface area (Å²) in [6.07, 6.45) is 4.43. The molecule has 25 heavy (non-hydrogen) atoms. The van der Waals surface area contributed by atoms with E-state index in [1.165, 1.54) is 0 Å². The van der Waals surface area contributed by atoms with Crippen LogP contribution in [0.3, 0.4) is 0 Å². The zero-order chi connectivity index (χ0) is 17.5.